The van der Waals surface area contributed by atoms with E-state index in [9.17, 15) is 17.6 Å². The molecule has 0 aliphatic heterocycles. The summed E-state index contributed by atoms with van der Waals surface area (Å²) in [6.07, 6.45) is 4.26. The first-order valence-corrected chi connectivity index (χ1v) is 10.8. The molecule has 1 aromatic carbocycles. The van der Waals surface area contributed by atoms with E-state index in [-0.39, 0.29) is 17.8 Å². The van der Waals surface area contributed by atoms with Crippen molar-refractivity contribution in [1.29, 1.82) is 0 Å². The Morgan fingerprint density at radius 2 is 1.71 bits per heavy atom. The molecule has 0 fully saturated rings. The van der Waals surface area contributed by atoms with Crippen LogP contribution in [0.1, 0.15) is 24.9 Å². The molecular weight excluding hydrogens is 464 g/mol. The number of fused-ring (bicyclic) bond motifs is 1. The summed E-state index contributed by atoms with van der Waals surface area (Å²) in [4.78, 5) is 4.22. The Bertz CT molecular complexity index is 1480. The van der Waals surface area contributed by atoms with Gasteiger partial charge in [0.2, 0.25) is 5.95 Å². The number of hydrogen-bond acceptors (Lipinski definition) is 5. The van der Waals surface area contributed by atoms with Crippen LogP contribution in [-0.2, 0) is 6.54 Å². The number of halogens is 4. The van der Waals surface area contributed by atoms with E-state index in [0.29, 0.717) is 22.3 Å². The number of aromatic nitrogens is 7. The average molecular weight is 484 g/mol. The van der Waals surface area contributed by atoms with E-state index >= 15 is 0 Å². The van der Waals surface area contributed by atoms with E-state index in [1.165, 1.54) is 29.0 Å². The second-order valence-electron chi connectivity index (χ2n) is 8.11. The number of pyridine rings is 1. The lowest BCUT2D eigenvalue weighted by atomic mass is 10.0. The van der Waals surface area contributed by atoms with Gasteiger partial charge in [-0.1, -0.05) is 19.1 Å². The first-order chi connectivity index (χ1) is 16.7. The number of rotatable bonds is 6. The van der Waals surface area contributed by atoms with Gasteiger partial charge in [0.1, 0.15) is 12.4 Å². The first-order valence-electron chi connectivity index (χ1n) is 10.8. The second kappa shape index (κ2) is 8.53. The van der Waals surface area contributed by atoms with Gasteiger partial charge in [0.15, 0.2) is 5.65 Å². The van der Waals surface area contributed by atoms with E-state index in [4.69, 9.17) is 5.73 Å². The SMILES string of the molecule is CCC(c1ccc(F)cc1)n1cc(-c2cc(-c3cnn(CC(F)(F)F)c3)c3nc(N)nn3c2)cn1. The number of anilines is 1. The Hall–Kier alpha value is -4.22. The maximum Gasteiger partial charge on any atom is 0.408 e. The first kappa shape index (κ1) is 22.6. The van der Waals surface area contributed by atoms with Crippen LogP contribution >= 0.6 is 0 Å². The number of nitrogens with two attached hydrogens (primary N) is 1. The lowest BCUT2D eigenvalue weighted by Crippen LogP contribution is -2.17. The molecule has 180 valence electrons. The van der Waals surface area contributed by atoms with Crippen molar-refractivity contribution in [3.05, 3.63) is 72.7 Å². The number of nitrogen functional groups attached to an aromatic ring is 1. The molecule has 12 heteroatoms. The summed E-state index contributed by atoms with van der Waals surface area (Å²) in [6.45, 7) is 0.808. The molecule has 0 amide bonds. The molecule has 8 nitrogen and oxygen atoms in total. The Kier molecular flexibility index (Phi) is 5.50. The summed E-state index contributed by atoms with van der Waals surface area (Å²) < 4.78 is 55.9. The van der Waals surface area contributed by atoms with Gasteiger partial charge in [-0.2, -0.15) is 28.4 Å². The number of benzene rings is 1. The third-order valence-corrected chi connectivity index (χ3v) is 5.63. The van der Waals surface area contributed by atoms with Gasteiger partial charge in [-0.05, 0) is 30.2 Å². The van der Waals surface area contributed by atoms with Gasteiger partial charge < -0.3 is 5.73 Å². The maximum atomic E-state index is 13.4. The fourth-order valence-corrected chi connectivity index (χ4v) is 4.06. The van der Waals surface area contributed by atoms with Gasteiger partial charge in [0.05, 0.1) is 18.4 Å². The molecule has 2 N–H and O–H groups in total. The fourth-order valence-electron chi connectivity index (χ4n) is 4.06. The molecule has 35 heavy (non-hydrogen) atoms. The molecule has 4 aromatic heterocycles. The fraction of sp³-hybridized carbons (Fsp3) is 0.217. The van der Waals surface area contributed by atoms with Crippen LogP contribution in [-0.4, -0.2) is 40.3 Å². The molecule has 1 atom stereocenters. The Labute approximate surface area is 196 Å². The smallest absolute Gasteiger partial charge is 0.366 e. The summed E-state index contributed by atoms with van der Waals surface area (Å²) in [5.41, 5.74) is 9.54. The second-order valence-corrected chi connectivity index (χ2v) is 8.11. The molecule has 0 aliphatic carbocycles. The molecular formula is C23H20F4N8. The molecule has 0 bridgehead atoms. The number of nitrogens with zero attached hydrogens (tertiary/aromatic N) is 7. The molecule has 0 aliphatic rings. The highest BCUT2D eigenvalue weighted by atomic mass is 19.4. The predicted molar refractivity (Wildman–Crippen MR) is 121 cm³/mol. The zero-order valence-electron chi connectivity index (χ0n) is 18.5. The maximum absolute atomic E-state index is 13.4. The molecule has 5 rings (SSSR count). The molecule has 0 radical (unpaired) electrons. The minimum atomic E-state index is -4.39. The summed E-state index contributed by atoms with van der Waals surface area (Å²) >= 11 is 0. The number of hydrogen-bond donors (Lipinski definition) is 1. The Morgan fingerprint density at radius 3 is 2.43 bits per heavy atom. The van der Waals surface area contributed by atoms with Crippen LogP contribution in [0.2, 0.25) is 0 Å². The Balaban J connectivity index is 1.55. The zero-order chi connectivity index (χ0) is 24.7. The van der Waals surface area contributed by atoms with Crippen LogP contribution < -0.4 is 5.73 Å². The minimum absolute atomic E-state index is 0.0316. The summed E-state index contributed by atoms with van der Waals surface area (Å²) in [5.74, 6) is -0.277. The lowest BCUT2D eigenvalue weighted by molar-refractivity contribution is -0.142. The predicted octanol–water partition coefficient (Wildman–Crippen LogP) is 4.74. The van der Waals surface area contributed by atoms with Crippen LogP contribution in [0.15, 0.2) is 61.3 Å². The van der Waals surface area contributed by atoms with Crippen molar-refractivity contribution in [3.63, 3.8) is 0 Å². The van der Waals surface area contributed by atoms with Crippen molar-refractivity contribution in [1.82, 2.24) is 34.2 Å². The van der Waals surface area contributed by atoms with Crippen LogP contribution in [0.25, 0.3) is 27.9 Å². The topological polar surface area (TPSA) is 91.8 Å². The van der Waals surface area contributed by atoms with E-state index in [1.54, 1.807) is 35.3 Å². The molecule has 5 aromatic rings. The van der Waals surface area contributed by atoms with Gasteiger partial charge in [-0.15, -0.1) is 5.10 Å². The molecule has 4 heterocycles. The van der Waals surface area contributed by atoms with Crippen molar-refractivity contribution >= 4 is 11.6 Å². The van der Waals surface area contributed by atoms with Crippen molar-refractivity contribution < 1.29 is 17.6 Å². The highest BCUT2D eigenvalue weighted by Crippen LogP contribution is 2.31. The molecule has 0 saturated heterocycles. The molecule has 0 saturated carbocycles. The highest BCUT2D eigenvalue weighted by Gasteiger charge is 2.28. The molecule has 1 unspecified atom stereocenters. The number of alkyl halides is 3. The van der Waals surface area contributed by atoms with Gasteiger partial charge >= 0.3 is 6.18 Å². The normalized spacial score (nSPS) is 12.9. The van der Waals surface area contributed by atoms with Gasteiger partial charge in [0.25, 0.3) is 0 Å². The third kappa shape index (κ3) is 4.59. The highest BCUT2D eigenvalue weighted by molar-refractivity contribution is 5.81. The average Bonchev–Trinajstić information content (AvgIpc) is 3.53. The van der Waals surface area contributed by atoms with E-state index in [1.807, 2.05) is 13.1 Å². The monoisotopic (exact) mass is 484 g/mol. The van der Waals surface area contributed by atoms with Crippen molar-refractivity contribution in [2.75, 3.05) is 5.73 Å². The third-order valence-electron chi connectivity index (χ3n) is 5.63. The minimum Gasteiger partial charge on any atom is -0.366 e. The summed E-state index contributed by atoms with van der Waals surface area (Å²) in [7, 11) is 0. The van der Waals surface area contributed by atoms with Gasteiger partial charge in [-0.25, -0.2) is 8.91 Å². The van der Waals surface area contributed by atoms with Gasteiger partial charge in [0, 0.05) is 40.8 Å². The summed E-state index contributed by atoms with van der Waals surface area (Å²) in [6, 6.07) is 7.97. The largest absolute Gasteiger partial charge is 0.408 e. The summed E-state index contributed by atoms with van der Waals surface area (Å²) in [5, 5.41) is 12.5. The van der Waals surface area contributed by atoms with Crippen LogP contribution in [0.5, 0.6) is 0 Å². The molecule has 0 spiro atoms. The van der Waals surface area contributed by atoms with E-state index in [2.05, 4.69) is 20.3 Å². The van der Waals surface area contributed by atoms with E-state index in [0.717, 1.165) is 22.2 Å². The van der Waals surface area contributed by atoms with Crippen molar-refractivity contribution in [2.24, 2.45) is 0 Å². The van der Waals surface area contributed by atoms with Crippen LogP contribution in [0, 0.1) is 5.82 Å². The lowest BCUT2D eigenvalue weighted by Gasteiger charge is -2.16. The quantitative estimate of drug-likeness (QED) is 0.352. The standard InChI is InChI=1S/C23H20F4N8/c1-2-20(14-3-5-18(24)6-4-14)34-12-16(8-30-34)15-7-19(21-31-22(28)32-35(21)11-15)17-9-29-33(10-17)13-23(25,26)27/h3-12,20H,2,13H2,1H3,(H2,28,32). The van der Waals surface area contributed by atoms with Gasteiger partial charge in [-0.3, -0.25) is 9.36 Å². The van der Waals surface area contributed by atoms with Crippen molar-refractivity contribution in [3.8, 4) is 22.3 Å². The van der Waals surface area contributed by atoms with E-state index < -0.39 is 12.7 Å². The van der Waals surface area contributed by atoms with Crippen LogP contribution in [0.3, 0.4) is 0 Å². The Morgan fingerprint density at radius 1 is 0.971 bits per heavy atom. The zero-order valence-corrected chi connectivity index (χ0v) is 18.5. The van der Waals surface area contributed by atoms with Crippen molar-refractivity contribution in [2.45, 2.75) is 32.1 Å². The van der Waals surface area contributed by atoms with Crippen LogP contribution in [0.4, 0.5) is 23.5 Å².